The van der Waals surface area contributed by atoms with Crippen LogP contribution in [-0.4, -0.2) is 73.3 Å². The van der Waals surface area contributed by atoms with E-state index in [1.165, 1.54) is 0 Å². The van der Waals surface area contributed by atoms with Gasteiger partial charge in [0.15, 0.2) is 9.84 Å². The molecular formula is C8H15F2NO4S. The number of halogens is 2. The summed E-state index contributed by atoms with van der Waals surface area (Å²) in [6.07, 6.45) is -3.78. The minimum Gasteiger partial charge on any atom is -0.395 e. The van der Waals surface area contributed by atoms with Gasteiger partial charge in [-0.1, -0.05) is 0 Å². The Kier molecular flexibility index (Phi) is 4.60. The van der Waals surface area contributed by atoms with Gasteiger partial charge in [0, 0.05) is 6.54 Å². The Morgan fingerprint density at radius 3 is 2.38 bits per heavy atom. The maximum atomic E-state index is 12.2. The maximum absolute atomic E-state index is 12.2. The highest BCUT2D eigenvalue weighted by Crippen LogP contribution is 2.19. The van der Waals surface area contributed by atoms with Gasteiger partial charge in [-0.15, -0.1) is 0 Å². The first-order chi connectivity index (χ1) is 7.35. The minimum absolute atomic E-state index is 0.0679. The quantitative estimate of drug-likeness (QED) is 0.642. The van der Waals surface area contributed by atoms with Gasteiger partial charge in [0.25, 0.3) is 6.43 Å². The first kappa shape index (κ1) is 13.8. The van der Waals surface area contributed by atoms with Gasteiger partial charge in [-0.25, -0.2) is 17.2 Å². The first-order valence-electron chi connectivity index (χ1n) is 4.87. The average molecular weight is 259 g/mol. The number of hydrogen-bond donors (Lipinski definition) is 2. The number of hydrogen-bond acceptors (Lipinski definition) is 5. The molecule has 5 nitrogen and oxygen atoms in total. The standard InChI is InChI=1S/C8H15F2NO4S/c9-8(10)3-11(1-2-12)6-4-16(14,15)5-7(6)13/h6-8,12-13H,1-5H2. The van der Waals surface area contributed by atoms with Crippen molar-refractivity contribution in [2.24, 2.45) is 0 Å². The predicted molar refractivity (Wildman–Crippen MR) is 53.1 cm³/mol. The van der Waals surface area contributed by atoms with Crippen molar-refractivity contribution in [1.82, 2.24) is 4.90 Å². The third-order valence-corrected chi connectivity index (χ3v) is 4.22. The number of sulfone groups is 1. The lowest BCUT2D eigenvalue weighted by atomic mass is 10.2. The van der Waals surface area contributed by atoms with E-state index < -0.39 is 40.7 Å². The molecule has 16 heavy (non-hydrogen) atoms. The highest BCUT2D eigenvalue weighted by Gasteiger charge is 2.40. The molecule has 1 aliphatic heterocycles. The van der Waals surface area contributed by atoms with Crippen LogP contribution in [0.25, 0.3) is 0 Å². The average Bonchev–Trinajstić information content (AvgIpc) is 2.38. The molecule has 1 saturated heterocycles. The van der Waals surface area contributed by atoms with Gasteiger partial charge in [-0.05, 0) is 0 Å². The van der Waals surface area contributed by atoms with Gasteiger partial charge in [0.2, 0.25) is 0 Å². The topological polar surface area (TPSA) is 77.8 Å². The summed E-state index contributed by atoms with van der Waals surface area (Å²) in [5.74, 6) is -0.732. The SMILES string of the molecule is O=S1(=O)CC(O)C(N(CCO)CC(F)F)C1. The van der Waals surface area contributed by atoms with Crippen LogP contribution in [0.4, 0.5) is 8.78 Å². The molecule has 0 saturated carbocycles. The fraction of sp³-hybridized carbons (Fsp3) is 1.00. The molecule has 1 fully saturated rings. The normalized spacial score (nSPS) is 29.1. The molecule has 1 heterocycles. The zero-order chi connectivity index (χ0) is 12.3. The van der Waals surface area contributed by atoms with Crippen molar-refractivity contribution in [2.45, 2.75) is 18.6 Å². The number of alkyl halides is 2. The molecule has 0 radical (unpaired) electrons. The molecule has 0 aromatic heterocycles. The van der Waals surface area contributed by atoms with Crippen LogP contribution in [0.2, 0.25) is 0 Å². The highest BCUT2D eigenvalue weighted by atomic mass is 32.2. The van der Waals surface area contributed by atoms with Crippen LogP contribution in [0.3, 0.4) is 0 Å². The van der Waals surface area contributed by atoms with Crippen LogP contribution < -0.4 is 0 Å². The van der Waals surface area contributed by atoms with Crippen LogP contribution >= 0.6 is 0 Å². The summed E-state index contributed by atoms with van der Waals surface area (Å²) >= 11 is 0. The molecule has 2 atom stereocenters. The zero-order valence-electron chi connectivity index (χ0n) is 8.59. The fourth-order valence-electron chi connectivity index (χ4n) is 1.86. The first-order valence-corrected chi connectivity index (χ1v) is 6.69. The van der Waals surface area contributed by atoms with E-state index in [2.05, 4.69) is 0 Å². The summed E-state index contributed by atoms with van der Waals surface area (Å²) in [6, 6.07) is -0.842. The van der Waals surface area contributed by atoms with E-state index in [-0.39, 0.29) is 18.9 Å². The molecule has 96 valence electrons. The van der Waals surface area contributed by atoms with Gasteiger partial charge in [0.05, 0.1) is 36.8 Å². The van der Waals surface area contributed by atoms with Gasteiger partial charge >= 0.3 is 0 Å². The molecule has 0 bridgehead atoms. The van der Waals surface area contributed by atoms with E-state index in [9.17, 15) is 22.3 Å². The third-order valence-electron chi connectivity index (χ3n) is 2.52. The van der Waals surface area contributed by atoms with Crippen molar-refractivity contribution in [2.75, 3.05) is 31.2 Å². The molecule has 8 heteroatoms. The predicted octanol–water partition coefficient (Wildman–Crippen LogP) is -1.30. The number of rotatable bonds is 5. The Hall–Kier alpha value is -0.310. The van der Waals surface area contributed by atoms with E-state index in [1.807, 2.05) is 0 Å². The van der Waals surface area contributed by atoms with Crippen LogP contribution in [0.15, 0.2) is 0 Å². The van der Waals surface area contributed by atoms with Crippen LogP contribution in [0, 0.1) is 0 Å². The summed E-state index contributed by atoms with van der Waals surface area (Å²) in [5, 5.41) is 18.2. The van der Waals surface area contributed by atoms with Crippen LogP contribution in [0.1, 0.15) is 0 Å². The van der Waals surface area contributed by atoms with E-state index in [4.69, 9.17) is 5.11 Å². The highest BCUT2D eigenvalue weighted by molar-refractivity contribution is 7.91. The molecule has 1 rings (SSSR count). The summed E-state index contributed by atoms with van der Waals surface area (Å²) < 4.78 is 46.9. The van der Waals surface area contributed by atoms with Gasteiger partial charge < -0.3 is 10.2 Å². The number of aliphatic hydroxyl groups is 2. The second-order valence-electron chi connectivity index (χ2n) is 3.82. The van der Waals surface area contributed by atoms with Crippen molar-refractivity contribution >= 4 is 9.84 Å². The second kappa shape index (κ2) is 5.35. The van der Waals surface area contributed by atoms with E-state index >= 15 is 0 Å². The van der Waals surface area contributed by atoms with Crippen molar-refractivity contribution in [1.29, 1.82) is 0 Å². The Balaban J connectivity index is 2.71. The number of aliphatic hydroxyl groups excluding tert-OH is 2. The Morgan fingerprint density at radius 1 is 1.38 bits per heavy atom. The van der Waals surface area contributed by atoms with E-state index in [0.29, 0.717) is 0 Å². The summed E-state index contributed by atoms with van der Waals surface area (Å²) in [6.45, 7) is -1.06. The van der Waals surface area contributed by atoms with Crippen LogP contribution in [0.5, 0.6) is 0 Å². The van der Waals surface area contributed by atoms with Crippen LogP contribution in [-0.2, 0) is 9.84 Å². The van der Waals surface area contributed by atoms with Gasteiger partial charge in [0.1, 0.15) is 0 Å². The molecule has 0 aliphatic carbocycles. The lowest BCUT2D eigenvalue weighted by Gasteiger charge is -2.28. The molecule has 1 aliphatic rings. The van der Waals surface area contributed by atoms with E-state index in [0.717, 1.165) is 4.90 Å². The largest absolute Gasteiger partial charge is 0.395 e. The van der Waals surface area contributed by atoms with Gasteiger partial charge in [-0.2, -0.15) is 0 Å². The Bertz CT molecular complexity index is 322. The molecule has 2 unspecified atom stereocenters. The molecule has 0 aromatic carbocycles. The minimum atomic E-state index is -3.36. The summed E-state index contributed by atoms with van der Waals surface area (Å²) in [5.41, 5.74) is 0. The fourth-order valence-corrected chi connectivity index (χ4v) is 3.69. The smallest absolute Gasteiger partial charge is 0.251 e. The second-order valence-corrected chi connectivity index (χ2v) is 5.98. The van der Waals surface area contributed by atoms with Crippen molar-refractivity contribution < 1.29 is 27.4 Å². The zero-order valence-corrected chi connectivity index (χ0v) is 9.41. The van der Waals surface area contributed by atoms with E-state index in [1.54, 1.807) is 0 Å². The van der Waals surface area contributed by atoms with Crippen molar-refractivity contribution in [3.05, 3.63) is 0 Å². The molecule has 0 spiro atoms. The maximum Gasteiger partial charge on any atom is 0.251 e. The molecular weight excluding hydrogens is 244 g/mol. The molecule has 0 aromatic rings. The molecule has 0 amide bonds. The third kappa shape index (κ3) is 3.62. The Labute approximate surface area is 92.6 Å². The Morgan fingerprint density at radius 2 is 2.00 bits per heavy atom. The lowest BCUT2D eigenvalue weighted by molar-refractivity contribution is 0.0230. The summed E-state index contributed by atoms with van der Waals surface area (Å²) in [7, 11) is -3.36. The molecule has 2 N–H and O–H groups in total. The van der Waals surface area contributed by atoms with Gasteiger partial charge in [-0.3, -0.25) is 4.90 Å². The van der Waals surface area contributed by atoms with Crippen molar-refractivity contribution in [3.8, 4) is 0 Å². The number of nitrogens with zero attached hydrogens (tertiary/aromatic N) is 1. The monoisotopic (exact) mass is 259 g/mol. The summed E-state index contributed by atoms with van der Waals surface area (Å²) in [4.78, 5) is 1.12. The van der Waals surface area contributed by atoms with Crippen molar-refractivity contribution in [3.63, 3.8) is 0 Å². The lowest BCUT2D eigenvalue weighted by Crippen LogP contribution is -2.46.